The molecule has 0 saturated heterocycles. The topological polar surface area (TPSA) is 114 Å². The fraction of sp³-hybridized carbons (Fsp3) is 0.182. The Morgan fingerprint density at radius 3 is 2.65 bits per heavy atom. The predicted molar refractivity (Wildman–Crippen MR) is 71.1 cm³/mol. The number of hydrogen-bond donors (Lipinski definition) is 2. The number of nitrogens with one attached hydrogen (secondary N) is 1. The van der Waals surface area contributed by atoms with Gasteiger partial charge in [0.25, 0.3) is 0 Å². The predicted octanol–water partition coefficient (Wildman–Crippen LogP) is 0.402. The number of rotatable bonds is 5. The number of imidazole rings is 1. The maximum Gasteiger partial charge on any atom is 0.320 e. The molecule has 8 nitrogen and oxygen atoms in total. The van der Waals surface area contributed by atoms with E-state index in [1.54, 1.807) is 23.0 Å². The molecule has 0 bridgehead atoms. The second-order valence-electron chi connectivity index (χ2n) is 4.00. The van der Waals surface area contributed by atoms with Gasteiger partial charge in [0, 0.05) is 12.4 Å². The van der Waals surface area contributed by atoms with Crippen LogP contribution in [0.5, 0.6) is 0 Å². The molecule has 2 heterocycles. The second-order valence-corrected chi connectivity index (χ2v) is 5.73. The van der Waals surface area contributed by atoms with Gasteiger partial charge in [0.1, 0.15) is 11.6 Å². The fourth-order valence-corrected chi connectivity index (χ4v) is 2.46. The average Bonchev–Trinajstić information content (AvgIpc) is 2.74. The number of aliphatic carboxylic acids is 1. The molecule has 0 amide bonds. The molecule has 0 aliphatic heterocycles. The van der Waals surface area contributed by atoms with Gasteiger partial charge >= 0.3 is 5.97 Å². The second kappa shape index (κ2) is 5.29. The van der Waals surface area contributed by atoms with Crippen LogP contribution in [0.2, 0.25) is 0 Å². The lowest BCUT2D eigenvalue weighted by Gasteiger charge is -2.07. The monoisotopic (exact) mass is 296 g/mol. The van der Waals surface area contributed by atoms with Crippen molar-refractivity contribution in [3.8, 4) is 5.82 Å². The normalized spacial score (nSPS) is 11.2. The summed E-state index contributed by atoms with van der Waals surface area (Å²) in [5.41, 5.74) is 0.202. The third-order valence-electron chi connectivity index (χ3n) is 2.41. The molecule has 106 valence electrons. The Hall–Kier alpha value is -2.42. The summed E-state index contributed by atoms with van der Waals surface area (Å²) in [5.74, 6) is -1.08. The number of hydrogen-bond acceptors (Lipinski definition) is 5. The van der Waals surface area contributed by atoms with Crippen LogP contribution in [0.1, 0.15) is 5.82 Å². The zero-order valence-corrected chi connectivity index (χ0v) is 11.3. The van der Waals surface area contributed by atoms with E-state index in [4.69, 9.17) is 5.11 Å². The number of carboxylic acids is 1. The van der Waals surface area contributed by atoms with Gasteiger partial charge < -0.3 is 5.11 Å². The van der Waals surface area contributed by atoms with Gasteiger partial charge in [0.15, 0.2) is 5.75 Å². The van der Waals surface area contributed by atoms with Gasteiger partial charge in [-0.3, -0.25) is 14.1 Å². The zero-order valence-electron chi connectivity index (χ0n) is 10.5. The summed E-state index contributed by atoms with van der Waals surface area (Å²) >= 11 is 0. The highest BCUT2D eigenvalue weighted by Gasteiger charge is 2.15. The van der Waals surface area contributed by atoms with E-state index in [9.17, 15) is 13.2 Å². The molecule has 0 aromatic carbocycles. The van der Waals surface area contributed by atoms with E-state index < -0.39 is 21.7 Å². The van der Waals surface area contributed by atoms with Crippen molar-refractivity contribution in [2.45, 2.75) is 6.92 Å². The summed E-state index contributed by atoms with van der Waals surface area (Å²) in [6, 6.07) is 3.11. The summed E-state index contributed by atoms with van der Waals surface area (Å²) in [4.78, 5) is 18.6. The first-order valence-electron chi connectivity index (χ1n) is 5.56. The first-order valence-corrected chi connectivity index (χ1v) is 7.21. The van der Waals surface area contributed by atoms with Gasteiger partial charge in [0.05, 0.1) is 11.9 Å². The van der Waals surface area contributed by atoms with E-state index in [0.29, 0.717) is 5.82 Å². The highest BCUT2D eigenvalue weighted by Crippen LogP contribution is 2.12. The van der Waals surface area contributed by atoms with Gasteiger partial charge in [-0.15, -0.1) is 0 Å². The molecule has 2 N–H and O–H groups in total. The fourth-order valence-electron chi connectivity index (χ4n) is 1.59. The smallest absolute Gasteiger partial charge is 0.320 e. The van der Waals surface area contributed by atoms with E-state index in [2.05, 4.69) is 14.7 Å². The lowest BCUT2D eigenvalue weighted by Crippen LogP contribution is -2.22. The minimum absolute atomic E-state index is 0.202. The molecule has 0 spiro atoms. The van der Waals surface area contributed by atoms with E-state index in [-0.39, 0.29) is 5.69 Å². The molecule has 9 heteroatoms. The summed E-state index contributed by atoms with van der Waals surface area (Å²) in [6.07, 6.45) is 4.67. The average molecular weight is 296 g/mol. The van der Waals surface area contributed by atoms with Crippen molar-refractivity contribution in [2.24, 2.45) is 0 Å². The molecule has 0 aliphatic rings. The number of aryl methyl sites for hydroxylation is 1. The first kappa shape index (κ1) is 14.0. The summed E-state index contributed by atoms with van der Waals surface area (Å²) in [6.45, 7) is 1.81. The Morgan fingerprint density at radius 2 is 2.15 bits per heavy atom. The Morgan fingerprint density at radius 1 is 1.40 bits per heavy atom. The minimum Gasteiger partial charge on any atom is -0.480 e. The summed E-state index contributed by atoms with van der Waals surface area (Å²) < 4.78 is 26.8. The van der Waals surface area contributed by atoms with Crippen LogP contribution in [-0.2, 0) is 14.8 Å². The molecule has 0 atom stereocenters. The Bertz CT molecular complexity index is 721. The van der Waals surface area contributed by atoms with Crippen LogP contribution >= 0.6 is 0 Å². The highest BCUT2D eigenvalue weighted by atomic mass is 32.2. The Balaban J connectivity index is 2.17. The summed E-state index contributed by atoms with van der Waals surface area (Å²) in [7, 11) is -3.92. The van der Waals surface area contributed by atoms with Crippen LogP contribution in [0, 0.1) is 6.92 Å². The number of sulfonamides is 1. The van der Waals surface area contributed by atoms with Gasteiger partial charge in [-0.05, 0) is 19.1 Å². The van der Waals surface area contributed by atoms with Crippen molar-refractivity contribution in [1.29, 1.82) is 0 Å². The molecule has 2 rings (SSSR count). The lowest BCUT2D eigenvalue weighted by molar-refractivity contribution is -0.134. The number of aromatic nitrogens is 3. The van der Waals surface area contributed by atoms with Gasteiger partial charge in [-0.25, -0.2) is 18.4 Å². The zero-order chi connectivity index (χ0) is 14.8. The third kappa shape index (κ3) is 3.32. The van der Waals surface area contributed by atoms with Crippen molar-refractivity contribution in [3.63, 3.8) is 0 Å². The SMILES string of the molecule is Cc1nccn1-c1ccc(NS(=O)(=O)CC(=O)O)cn1. The van der Waals surface area contributed by atoms with Crippen LogP contribution in [0.25, 0.3) is 5.82 Å². The first-order chi connectivity index (χ1) is 9.37. The van der Waals surface area contributed by atoms with Crippen LogP contribution in [-0.4, -0.2) is 39.8 Å². The molecular formula is C11H12N4O4S. The van der Waals surface area contributed by atoms with E-state index in [1.807, 2.05) is 6.92 Å². The van der Waals surface area contributed by atoms with Crippen LogP contribution in [0.15, 0.2) is 30.7 Å². The van der Waals surface area contributed by atoms with E-state index >= 15 is 0 Å². The highest BCUT2D eigenvalue weighted by molar-refractivity contribution is 7.93. The third-order valence-corrected chi connectivity index (χ3v) is 3.58. The number of carboxylic acid groups (broad SMARTS) is 1. The molecule has 0 aliphatic carbocycles. The van der Waals surface area contributed by atoms with Crippen molar-refractivity contribution in [2.75, 3.05) is 10.5 Å². The van der Waals surface area contributed by atoms with Crippen LogP contribution in [0.4, 0.5) is 5.69 Å². The summed E-state index contributed by atoms with van der Waals surface area (Å²) in [5, 5.41) is 8.48. The van der Waals surface area contributed by atoms with Crippen LogP contribution < -0.4 is 4.72 Å². The maximum absolute atomic E-state index is 11.4. The largest absolute Gasteiger partial charge is 0.480 e. The van der Waals surface area contributed by atoms with Gasteiger partial charge in [-0.1, -0.05) is 0 Å². The Kier molecular flexibility index (Phi) is 3.70. The number of anilines is 1. The molecule has 0 saturated carbocycles. The lowest BCUT2D eigenvalue weighted by atomic mass is 10.4. The van der Waals surface area contributed by atoms with Crippen molar-refractivity contribution >= 4 is 21.7 Å². The molecule has 0 fully saturated rings. The number of nitrogens with zero attached hydrogens (tertiary/aromatic N) is 3. The maximum atomic E-state index is 11.4. The minimum atomic E-state index is -3.92. The van der Waals surface area contributed by atoms with E-state index in [0.717, 1.165) is 5.82 Å². The Labute approximate surface area is 115 Å². The molecule has 2 aromatic heterocycles. The van der Waals surface area contributed by atoms with E-state index in [1.165, 1.54) is 12.3 Å². The molecule has 20 heavy (non-hydrogen) atoms. The van der Waals surface area contributed by atoms with Crippen molar-refractivity contribution in [3.05, 3.63) is 36.5 Å². The molecule has 0 radical (unpaired) electrons. The van der Waals surface area contributed by atoms with Gasteiger partial charge in [0.2, 0.25) is 10.0 Å². The van der Waals surface area contributed by atoms with Crippen LogP contribution in [0.3, 0.4) is 0 Å². The number of pyridine rings is 1. The molecular weight excluding hydrogens is 284 g/mol. The quantitative estimate of drug-likeness (QED) is 0.825. The standard InChI is InChI=1S/C11H12N4O4S/c1-8-12-4-5-15(8)10-3-2-9(6-13-10)14-20(18,19)7-11(16)17/h2-6,14H,7H2,1H3,(H,16,17). The van der Waals surface area contributed by atoms with Gasteiger partial charge in [-0.2, -0.15) is 0 Å². The van der Waals surface area contributed by atoms with Crippen molar-refractivity contribution < 1.29 is 18.3 Å². The molecule has 2 aromatic rings. The molecule has 0 unspecified atom stereocenters. The number of carbonyl (C=O) groups is 1. The van der Waals surface area contributed by atoms with Crippen molar-refractivity contribution in [1.82, 2.24) is 14.5 Å².